The predicted molar refractivity (Wildman–Crippen MR) is 127 cm³/mol. The van der Waals surface area contributed by atoms with E-state index in [1.807, 2.05) is 13.0 Å². The predicted octanol–water partition coefficient (Wildman–Crippen LogP) is 3.11. The molecule has 176 valence electrons. The molecule has 1 amide bonds. The lowest BCUT2D eigenvalue weighted by Gasteiger charge is -2.34. The van der Waals surface area contributed by atoms with Gasteiger partial charge in [0.15, 0.2) is 17.1 Å². The van der Waals surface area contributed by atoms with Crippen LogP contribution >= 0.6 is 0 Å². The molecule has 4 aromatic rings. The highest BCUT2D eigenvalue weighted by atomic mass is 19.1. The number of anilines is 2. The second-order valence-corrected chi connectivity index (χ2v) is 9.35. The third-order valence-corrected chi connectivity index (χ3v) is 6.57. The van der Waals surface area contributed by atoms with Crippen LogP contribution in [0.15, 0.2) is 30.6 Å². The average molecular weight is 463 g/mol. The van der Waals surface area contributed by atoms with E-state index < -0.39 is 5.82 Å². The van der Waals surface area contributed by atoms with Crippen molar-refractivity contribution in [3.05, 3.63) is 53.5 Å². The van der Waals surface area contributed by atoms with Crippen LogP contribution in [0, 0.1) is 19.7 Å². The summed E-state index contributed by atoms with van der Waals surface area (Å²) in [6, 6.07) is 6.26. The van der Waals surface area contributed by atoms with E-state index in [9.17, 15) is 9.18 Å². The second-order valence-electron chi connectivity index (χ2n) is 9.35. The van der Waals surface area contributed by atoms with Crippen LogP contribution < -0.4 is 15.5 Å². The molecule has 0 bridgehead atoms. The smallest absolute Gasteiger partial charge is 0.259 e. The Labute approximate surface area is 196 Å². The number of carbonyl (C=O) groups is 1. The number of rotatable bonds is 5. The van der Waals surface area contributed by atoms with Crippen molar-refractivity contribution in [3.63, 3.8) is 0 Å². The highest BCUT2D eigenvalue weighted by Gasteiger charge is 2.28. The fraction of sp³-hybridized carbons (Fsp3) is 0.417. The van der Waals surface area contributed by atoms with E-state index in [1.54, 1.807) is 34.3 Å². The van der Waals surface area contributed by atoms with E-state index in [0.717, 1.165) is 31.7 Å². The Morgan fingerprint density at radius 3 is 2.56 bits per heavy atom. The van der Waals surface area contributed by atoms with Gasteiger partial charge >= 0.3 is 0 Å². The summed E-state index contributed by atoms with van der Waals surface area (Å²) in [6.45, 7) is 5.46. The second kappa shape index (κ2) is 8.05. The molecule has 5 heterocycles. The lowest BCUT2D eigenvalue weighted by Crippen LogP contribution is -2.43. The lowest BCUT2D eigenvalue weighted by atomic mass is 10.0. The van der Waals surface area contributed by atoms with Gasteiger partial charge in [-0.2, -0.15) is 4.52 Å². The van der Waals surface area contributed by atoms with Gasteiger partial charge in [-0.1, -0.05) is 0 Å². The van der Waals surface area contributed by atoms with E-state index in [-0.39, 0.29) is 11.6 Å². The fourth-order valence-corrected chi connectivity index (χ4v) is 4.77. The van der Waals surface area contributed by atoms with Gasteiger partial charge in [-0.05, 0) is 51.7 Å². The minimum absolute atomic E-state index is 0.228. The molecule has 0 radical (unpaired) electrons. The van der Waals surface area contributed by atoms with Gasteiger partial charge in [-0.3, -0.25) is 4.79 Å². The number of halogens is 1. The molecule has 0 unspecified atom stereocenters. The number of hydrogen-bond acceptors (Lipinski definition) is 6. The SMILES string of the molecule is Cc1cn2cc(NC(=O)c3ccc(N4CCC(NC5CC5)CC4)n4nc(C)nc34)cc(F)c2n1. The number of aryl methyl sites for hydroxylation is 2. The number of hydrogen-bond donors (Lipinski definition) is 2. The number of aromatic nitrogens is 5. The van der Waals surface area contributed by atoms with Gasteiger partial charge in [0.25, 0.3) is 5.91 Å². The maximum atomic E-state index is 14.5. The van der Waals surface area contributed by atoms with Crippen LogP contribution in [0.2, 0.25) is 0 Å². The molecule has 0 atom stereocenters. The first kappa shape index (κ1) is 21.0. The van der Waals surface area contributed by atoms with Crippen molar-refractivity contribution in [2.24, 2.45) is 0 Å². The Balaban J connectivity index is 1.26. The Hall–Kier alpha value is -3.53. The number of nitrogens with one attached hydrogen (secondary N) is 2. The zero-order valence-electron chi connectivity index (χ0n) is 19.3. The van der Waals surface area contributed by atoms with Crippen LogP contribution in [0.5, 0.6) is 0 Å². The highest BCUT2D eigenvalue weighted by Crippen LogP contribution is 2.26. The Morgan fingerprint density at radius 2 is 1.79 bits per heavy atom. The van der Waals surface area contributed by atoms with E-state index in [2.05, 4.69) is 30.6 Å². The van der Waals surface area contributed by atoms with E-state index in [1.165, 1.54) is 18.9 Å². The summed E-state index contributed by atoms with van der Waals surface area (Å²) in [5, 5.41) is 11.1. The highest BCUT2D eigenvalue weighted by molar-refractivity contribution is 6.08. The van der Waals surface area contributed by atoms with Crippen LogP contribution in [0.4, 0.5) is 15.9 Å². The Kier molecular flexibility index (Phi) is 4.98. The minimum atomic E-state index is -0.496. The van der Waals surface area contributed by atoms with E-state index in [4.69, 9.17) is 0 Å². The molecule has 2 fully saturated rings. The zero-order valence-corrected chi connectivity index (χ0v) is 19.3. The van der Waals surface area contributed by atoms with E-state index in [0.29, 0.717) is 40.5 Å². The molecule has 1 saturated carbocycles. The Morgan fingerprint density at radius 1 is 1.03 bits per heavy atom. The molecule has 2 aliphatic rings. The van der Waals surface area contributed by atoms with Crippen molar-refractivity contribution in [3.8, 4) is 0 Å². The first-order chi connectivity index (χ1) is 16.4. The largest absolute Gasteiger partial charge is 0.356 e. The number of nitrogens with zero attached hydrogens (tertiary/aromatic N) is 6. The maximum Gasteiger partial charge on any atom is 0.259 e. The molecule has 4 aromatic heterocycles. The maximum absolute atomic E-state index is 14.5. The molecule has 6 rings (SSSR count). The van der Waals surface area contributed by atoms with Crippen molar-refractivity contribution >= 4 is 28.7 Å². The van der Waals surface area contributed by atoms with Crippen LogP contribution in [0.3, 0.4) is 0 Å². The summed E-state index contributed by atoms with van der Waals surface area (Å²) in [4.78, 5) is 24.2. The van der Waals surface area contributed by atoms with Crippen molar-refractivity contribution in [1.29, 1.82) is 0 Å². The van der Waals surface area contributed by atoms with Crippen LogP contribution in [-0.4, -0.2) is 55.1 Å². The summed E-state index contributed by atoms with van der Waals surface area (Å²) in [7, 11) is 0. The number of piperidine rings is 1. The summed E-state index contributed by atoms with van der Waals surface area (Å²) in [6.07, 6.45) is 8.12. The lowest BCUT2D eigenvalue weighted by molar-refractivity contribution is 0.102. The summed E-state index contributed by atoms with van der Waals surface area (Å²) >= 11 is 0. The van der Waals surface area contributed by atoms with Crippen molar-refractivity contribution in [2.75, 3.05) is 23.3 Å². The molecule has 1 saturated heterocycles. The van der Waals surface area contributed by atoms with Gasteiger partial charge < -0.3 is 19.9 Å². The molecule has 10 heteroatoms. The molecule has 0 spiro atoms. The van der Waals surface area contributed by atoms with Crippen molar-refractivity contribution in [1.82, 2.24) is 29.3 Å². The minimum Gasteiger partial charge on any atom is -0.356 e. The van der Waals surface area contributed by atoms with Gasteiger partial charge in [-0.15, -0.1) is 5.10 Å². The van der Waals surface area contributed by atoms with Crippen LogP contribution in [-0.2, 0) is 0 Å². The van der Waals surface area contributed by atoms with Crippen LogP contribution in [0.1, 0.15) is 47.6 Å². The molecule has 1 aliphatic carbocycles. The molecular weight excluding hydrogens is 435 g/mol. The molecule has 9 nitrogen and oxygen atoms in total. The molecule has 2 N–H and O–H groups in total. The normalized spacial score (nSPS) is 17.1. The van der Waals surface area contributed by atoms with Gasteiger partial charge in [0.1, 0.15) is 11.6 Å². The summed E-state index contributed by atoms with van der Waals surface area (Å²) in [5.74, 6) is 0.655. The van der Waals surface area contributed by atoms with Crippen molar-refractivity contribution in [2.45, 2.75) is 51.6 Å². The topological polar surface area (TPSA) is 91.9 Å². The van der Waals surface area contributed by atoms with Gasteiger partial charge in [-0.25, -0.2) is 14.4 Å². The summed E-state index contributed by atoms with van der Waals surface area (Å²) in [5.41, 5.74) is 2.15. The standard InChI is InChI=1S/C24H27FN8O/c1-14-12-32-13-18(11-20(25)23(32)26-14)29-24(34)19-5-6-21(33-22(19)27-15(2)30-33)31-9-7-17(8-10-31)28-16-3-4-16/h5-6,11-13,16-17,28H,3-4,7-10H2,1-2H3,(H,29,34). The quantitative estimate of drug-likeness (QED) is 0.474. The fourth-order valence-electron chi connectivity index (χ4n) is 4.77. The third-order valence-electron chi connectivity index (χ3n) is 6.57. The average Bonchev–Trinajstić information content (AvgIpc) is 3.40. The third kappa shape index (κ3) is 3.87. The molecule has 34 heavy (non-hydrogen) atoms. The van der Waals surface area contributed by atoms with Gasteiger partial charge in [0, 0.05) is 43.6 Å². The number of carbonyl (C=O) groups excluding carboxylic acids is 1. The number of amides is 1. The molecule has 1 aliphatic heterocycles. The van der Waals surface area contributed by atoms with Gasteiger partial charge in [0.2, 0.25) is 0 Å². The Bertz CT molecular complexity index is 1400. The number of imidazole rings is 1. The number of pyridine rings is 2. The first-order valence-corrected chi connectivity index (χ1v) is 11.8. The summed E-state index contributed by atoms with van der Waals surface area (Å²) < 4.78 is 17.8. The number of fused-ring (bicyclic) bond motifs is 2. The van der Waals surface area contributed by atoms with Gasteiger partial charge in [0.05, 0.1) is 16.9 Å². The molecule has 0 aromatic carbocycles. The van der Waals surface area contributed by atoms with E-state index >= 15 is 0 Å². The van der Waals surface area contributed by atoms with Crippen molar-refractivity contribution < 1.29 is 9.18 Å². The monoisotopic (exact) mass is 462 g/mol. The first-order valence-electron chi connectivity index (χ1n) is 11.8. The van der Waals surface area contributed by atoms with Crippen LogP contribution in [0.25, 0.3) is 11.3 Å². The zero-order chi connectivity index (χ0) is 23.4. The molecular formula is C24H27FN8O.